The lowest BCUT2D eigenvalue weighted by Crippen LogP contribution is -2.47. The zero-order valence-corrected chi connectivity index (χ0v) is 8.08. The third-order valence-electron chi connectivity index (χ3n) is 2.16. The zero-order chi connectivity index (χ0) is 12.3. The first-order chi connectivity index (χ1) is 7.30. The lowest BCUT2D eigenvalue weighted by atomic mass is 10.0. The Morgan fingerprint density at radius 2 is 2.00 bits per heavy atom. The second kappa shape index (κ2) is 4.69. The minimum Gasteiger partial charge on any atom is -0.480 e. The van der Waals surface area contributed by atoms with Gasteiger partial charge < -0.3 is 15.2 Å². The number of halogens is 3. The summed E-state index contributed by atoms with van der Waals surface area (Å²) in [6.45, 7) is 0.201. The van der Waals surface area contributed by atoms with Crippen LogP contribution in [0.25, 0.3) is 0 Å². The molecule has 1 rings (SSSR count). The molecule has 2 N–H and O–H groups in total. The molecule has 1 aliphatic rings. The minimum atomic E-state index is -5.04. The summed E-state index contributed by atoms with van der Waals surface area (Å²) in [6, 6.07) is -0.972. The predicted molar refractivity (Wildman–Crippen MR) is 44.6 cm³/mol. The topological polar surface area (TPSA) is 75.6 Å². The highest BCUT2D eigenvalue weighted by Gasteiger charge is 2.43. The fourth-order valence-electron chi connectivity index (χ4n) is 1.40. The van der Waals surface area contributed by atoms with Crippen molar-refractivity contribution in [2.75, 3.05) is 6.54 Å². The molecule has 0 unspecified atom stereocenters. The summed E-state index contributed by atoms with van der Waals surface area (Å²) in [4.78, 5) is 21.1. The Morgan fingerprint density at radius 1 is 1.38 bits per heavy atom. The fraction of sp³-hybridized carbons (Fsp3) is 0.750. The highest BCUT2D eigenvalue weighted by atomic mass is 19.4. The lowest BCUT2D eigenvalue weighted by molar-refractivity contribution is -0.206. The molecule has 0 aromatic heterocycles. The Hall–Kier alpha value is -1.31. The molecule has 1 aliphatic heterocycles. The van der Waals surface area contributed by atoms with Crippen LogP contribution < -0.4 is 5.32 Å². The summed E-state index contributed by atoms with van der Waals surface area (Å²) in [5.41, 5.74) is 0. The van der Waals surface area contributed by atoms with Crippen molar-refractivity contribution in [3.8, 4) is 0 Å². The number of esters is 1. The molecular weight excluding hydrogens is 231 g/mol. The molecule has 0 amide bonds. The van der Waals surface area contributed by atoms with E-state index < -0.39 is 30.3 Å². The second-order valence-electron chi connectivity index (χ2n) is 3.39. The van der Waals surface area contributed by atoms with Gasteiger partial charge in [0.05, 0.1) is 0 Å². The molecule has 0 aromatic rings. The number of alkyl halides is 3. The third-order valence-corrected chi connectivity index (χ3v) is 2.16. The second-order valence-corrected chi connectivity index (χ2v) is 3.39. The van der Waals surface area contributed by atoms with Crippen LogP contribution in [0.5, 0.6) is 0 Å². The van der Waals surface area contributed by atoms with E-state index in [0.29, 0.717) is 0 Å². The van der Waals surface area contributed by atoms with E-state index in [1.54, 1.807) is 0 Å². The summed E-state index contributed by atoms with van der Waals surface area (Å²) < 4.78 is 39.7. The Balaban J connectivity index is 2.49. The number of aliphatic carboxylic acids is 1. The van der Waals surface area contributed by atoms with Crippen LogP contribution >= 0.6 is 0 Å². The molecule has 0 bridgehead atoms. The number of piperidine rings is 1. The van der Waals surface area contributed by atoms with Gasteiger partial charge in [0.25, 0.3) is 0 Å². The van der Waals surface area contributed by atoms with E-state index in [1.807, 2.05) is 0 Å². The number of carbonyl (C=O) groups is 2. The maximum Gasteiger partial charge on any atom is 0.490 e. The molecule has 0 aliphatic carbocycles. The molecule has 2 atom stereocenters. The van der Waals surface area contributed by atoms with Crippen LogP contribution in [0, 0.1) is 0 Å². The van der Waals surface area contributed by atoms with Gasteiger partial charge in [0.2, 0.25) is 0 Å². The van der Waals surface area contributed by atoms with E-state index in [-0.39, 0.29) is 19.4 Å². The zero-order valence-electron chi connectivity index (χ0n) is 8.08. The fourth-order valence-corrected chi connectivity index (χ4v) is 1.40. The van der Waals surface area contributed by atoms with Gasteiger partial charge in [-0.2, -0.15) is 13.2 Å². The van der Waals surface area contributed by atoms with Gasteiger partial charge in [-0.05, 0) is 13.0 Å². The van der Waals surface area contributed by atoms with Crippen LogP contribution in [-0.2, 0) is 14.3 Å². The molecular formula is C8H10F3NO4. The van der Waals surface area contributed by atoms with Gasteiger partial charge in [0.15, 0.2) is 0 Å². The van der Waals surface area contributed by atoms with Gasteiger partial charge >= 0.3 is 18.1 Å². The molecule has 0 aromatic carbocycles. The van der Waals surface area contributed by atoms with Crippen LogP contribution in [0.2, 0.25) is 0 Å². The SMILES string of the molecule is O=C(O)[C@@H]1C[C@H](OC(=O)C(F)(F)F)CCN1. The summed E-state index contributed by atoms with van der Waals surface area (Å²) in [5, 5.41) is 11.2. The molecule has 8 heteroatoms. The number of hydrogen-bond acceptors (Lipinski definition) is 4. The lowest BCUT2D eigenvalue weighted by Gasteiger charge is -2.27. The quantitative estimate of drug-likeness (QED) is 0.680. The van der Waals surface area contributed by atoms with Gasteiger partial charge in [-0.15, -0.1) is 0 Å². The number of carbonyl (C=O) groups excluding carboxylic acids is 1. The first-order valence-electron chi connectivity index (χ1n) is 4.54. The number of carboxylic acid groups (broad SMARTS) is 1. The van der Waals surface area contributed by atoms with E-state index in [4.69, 9.17) is 5.11 Å². The van der Waals surface area contributed by atoms with Crippen molar-refractivity contribution in [1.82, 2.24) is 5.32 Å². The highest BCUT2D eigenvalue weighted by molar-refractivity contribution is 5.76. The van der Waals surface area contributed by atoms with Gasteiger partial charge in [-0.1, -0.05) is 0 Å². The summed E-state index contributed by atoms with van der Waals surface area (Å²) in [7, 11) is 0. The Kier molecular flexibility index (Phi) is 3.74. The smallest absolute Gasteiger partial charge is 0.480 e. The van der Waals surface area contributed by atoms with Crippen molar-refractivity contribution in [2.24, 2.45) is 0 Å². The first-order valence-corrected chi connectivity index (χ1v) is 4.54. The minimum absolute atomic E-state index is 0.156. The van der Waals surface area contributed by atoms with Crippen molar-refractivity contribution >= 4 is 11.9 Å². The molecule has 1 saturated heterocycles. The average molecular weight is 241 g/mol. The highest BCUT2D eigenvalue weighted by Crippen LogP contribution is 2.21. The standard InChI is InChI=1S/C8H10F3NO4/c9-8(10,11)7(15)16-4-1-2-12-5(3-4)6(13)14/h4-5,12H,1-3H2,(H,13,14)/t4-,5+/m1/s1. The molecule has 92 valence electrons. The number of ether oxygens (including phenoxy) is 1. The summed E-state index contributed by atoms with van der Waals surface area (Å²) in [5.74, 6) is -3.45. The normalized spacial score (nSPS) is 26.2. The number of carboxylic acids is 1. The molecule has 0 radical (unpaired) electrons. The van der Waals surface area contributed by atoms with Gasteiger partial charge in [-0.3, -0.25) is 4.79 Å². The van der Waals surface area contributed by atoms with Crippen molar-refractivity contribution in [1.29, 1.82) is 0 Å². The first kappa shape index (κ1) is 12.8. The molecule has 0 saturated carbocycles. The monoisotopic (exact) mass is 241 g/mol. The molecule has 1 heterocycles. The Morgan fingerprint density at radius 3 is 2.50 bits per heavy atom. The molecule has 16 heavy (non-hydrogen) atoms. The van der Waals surface area contributed by atoms with E-state index >= 15 is 0 Å². The maximum atomic E-state index is 11.9. The van der Waals surface area contributed by atoms with Crippen molar-refractivity contribution < 1.29 is 32.6 Å². The molecule has 0 spiro atoms. The largest absolute Gasteiger partial charge is 0.490 e. The summed E-state index contributed by atoms with van der Waals surface area (Å²) >= 11 is 0. The van der Waals surface area contributed by atoms with E-state index in [9.17, 15) is 22.8 Å². The van der Waals surface area contributed by atoms with Crippen LogP contribution in [0.1, 0.15) is 12.8 Å². The Bertz CT molecular complexity index is 291. The van der Waals surface area contributed by atoms with E-state index in [1.165, 1.54) is 0 Å². The average Bonchev–Trinajstić information content (AvgIpc) is 2.16. The van der Waals surface area contributed by atoms with Crippen LogP contribution in [0.15, 0.2) is 0 Å². The Labute approximate surface area is 88.6 Å². The van der Waals surface area contributed by atoms with Crippen molar-refractivity contribution in [3.63, 3.8) is 0 Å². The van der Waals surface area contributed by atoms with Gasteiger partial charge in [0, 0.05) is 6.42 Å². The van der Waals surface area contributed by atoms with E-state index in [2.05, 4.69) is 10.1 Å². The maximum absolute atomic E-state index is 11.9. The van der Waals surface area contributed by atoms with Crippen molar-refractivity contribution in [2.45, 2.75) is 31.2 Å². The van der Waals surface area contributed by atoms with E-state index in [0.717, 1.165) is 0 Å². The summed E-state index contributed by atoms with van der Waals surface area (Å²) in [6.07, 6.45) is -6.02. The van der Waals surface area contributed by atoms with Crippen LogP contribution in [-0.4, -0.2) is 41.9 Å². The number of hydrogen-bond donors (Lipinski definition) is 2. The van der Waals surface area contributed by atoms with Crippen LogP contribution in [0.3, 0.4) is 0 Å². The van der Waals surface area contributed by atoms with Crippen molar-refractivity contribution in [3.05, 3.63) is 0 Å². The third kappa shape index (κ3) is 3.37. The molecule has 1 fully saturated rings. The number of nitrogens with one attached hydrogen (secondary N) is 1. The predicted octanol–water partition coefficient (Wildman–Crippen LogP) is 0.297. The van der Waals surface area contributed by atoms with Gasteiger partial charge in [0.1, 0.15) is 12.1 Å². The molecule has 5 nitrogen and oxygen atoms in total. The van der Waals surface area contributed by atoms with Gasteiger partial charge in [-0.25, -0.2) is 4.79 Å². The number of rotatable bonds is 2. The van der Waals surface area contributed by atoms with Crippen LogP contribution in [0.4, 0.5) is 13.2 Å².